The van der Waals surface area contributed by atoms with E-state index in [0.29, 0.717) is 12.5 Å². The topological polar surface area (TPSA) is 29.5 Å². The van der Waals surface area contributed by atoms with Gasteiger partial charge >= 0.3 is 0 Å². The van der Waals surface area contributed by atoms with Gasteiger partial charge in [0, 0.05) is 0 Å². The minimum Gasteiger partial charge on any atom is -0.494 e. The van der Waals surface area contributed by atoms with Crippen LogP contribution in [0.2, 0.25) is 0 Å². The molecule has 76 valence electrons. The lowest BCUT2D eigenvalue weighted by molar-refractivity contribution is 0.280. The summed E-state index contributed by atoms with van der Waals surface area (Å²) in [4.78, 5) is 0. The van der Waals surface area contributed by atoms with Gasteiger partial charge in [-0.3, -0.25) is 0 Å². The van der Waals surface area contributed by atoms with Crippen molar-refractivity contribution in [2.24, 2.45) is 0 Å². The number of rotatable bonds is 4. The Hall–Kier alpha value is -1.02. The molecule has 1 N–H and O–H groups in total. The van der Waals surface area contributed by atoms with Gasteiger partial charge in [0.25, 0.3) is 0 Å². The number of hydrogen-bond donors (Lipinski definition) is 1. The maximum atomic E-state index is 9.02. The Morgan fingerprint density at radius 2 is 2.21 bits per heavy atom. The number of ether oxygens (including phenoxy) is 1. The molecule has 0 aromatic heterocycles. The summed E-state index contributed by atoms with van der Waals surface area (Å²) in [5.74, 6) is 1.66. The molecule has 0 heterocycles. The summed E-state index contributed by atoms with van der Waals surface area (Å²) in [7, 11) is 0. The highest BCUT2D eigenvalue weighted by atomic mass is 16.5. The lowest BCUT2D eigenvalue weighted by atomic mass is 10.1. The molecule has 2 nitrogen and oxygen atoms in total. The Balaban J connectivity index is 2.28. The number of benzene rings is 1. The van der Waals surface area contributed by atoms with Crippen molar-refractivity contribution in [1.29, 1.82) is 0 Å². The fraction of sp³-hybridized carbons (Fsp3) is 0.500. The molecule has 0 aliphatic heterocycles. The van der Waals surface area contributed by atoms with Gasteiger partial charge in [0.05, 0.1) is 13.2 Å². The van der Waals surface area contributed by atoms with E-state index in [1.54, 1.807) is 0 Å². The molecule has 14 heavy (non-hydrogen) atoms. The fourth-order valence-corrected chi connectivity index (χ4v) is 1.69. The van der Waals surface area contributed by atoms with Crippen molar-refractivity contribution in [2.45, 2.75) is 32.3 Å². The molecule has 0 radical (unpaired) electrons. The molecule has 0 bridgehead atoms. The summed E-state index contributed by atoms with van der Waals surface area (Å²) in [5.41, 5.74) is 2.24. The molecule has 0 amide bonds. The average Bonchev–Trinajstić information content (AvgIpc) is 3.02. The van der Waals surface area contributed by atoms with Gasteiger partial charge in [0.1, 0.15) is 5.75 Å². The molecular weight excluding hydrogens is 176 g/mol. The third kappa shape index (κ3) is 1.90. The quantitative estimate of drug-likeness (QED) is 0.794. The van der Waals surface area contributed by atoms with Crippen molar-refractivity contribution >= 4 is 0 Å². The Kier molecular flexibility index (Phi) is 2.73. The zero-order chi connectivity index (χ0) is 9.97. The number of aliphatic hydroxyl groups is 1. The number of aliphatic hydroxyl groups excluding tert-OH is 1. The minimum atomic E-state index is 0.0883. The average molecular weight is 192 g/mol. The van der Waals surface area contributed by atoms with E-state index in [9.17, 15) is 0 Å². The molecule has 2 rings (SSSR count). The first-order chi connectivity index (χ1) is 6.85. The second kappa shape index (κ2) is 4.01. The first-order valence-electron chi connectivity index (χ1n) is 5.21. The van der Waals surface area contributed by atoms with Crippen LogP contribution in [-0.2, 0) is 6.61 Å². The van der Waals surface area contributed by atoms with Crippen LogP contribution >= 0.6 is 0 Å². The van der Waals surface area contributed by atoms with Crippen LogP contribution in [0.25, 0.3) is 0 Å². The molecule has 0 unspecified atom stereocenters. The van der Waals surface area contributed by atoms with E-state index < -0.39 is 0 Å². The minimum absolute atomic E-state index is 0.0883. The van der Waals surface area contributed by atoms with Gasteiger partial charge in [-0.25, -0.2) is 0 Å². The lowest BCUT2D eigenvalue weighted by Gasteiger charge is -2.10. The van der Waals surface area contributed by atoms with Gasteiger partial charge < -0.3 is 9.84 Å². The molecule has 1 fully saturated rings. The zero-order valence-corrected chi connectivity index (χ0v) is 8.49. The van der Waals surface area contributed by atoms with E-state index in [-0.39, 0.29) is 6.61 Å². The van der Waals surface area contributed by atoms with Crippen molar-refractivity contribution in [3.8, 4) is 5.75 Å². The standard InChI is InChI=1S/C12H16O2/c1-2-14-12-7-9(8-13)3-6-11(12)10-4-5-10/h3,6-7,10,13H,2,4-5,8H2,1H3. The summed E-state index contributed by atoms with van der Waals surface area (Å²) in [6.45, 7) is 2.77. The first kappa shape index (κ1) is 9.53. The maximum absolute atomic E-state index is 9.02. The third-order valence-electron chi connectivity index (χ3n) is 2.58. The molecule has 1 saturated carbocycles. The predicted octanol–water partition coefficient (Wildman–Crippen LogP) is 2.46. The summed E-state index contributed by atoms with van der Waals surface area (Å²) < 4.78 is 5.57. The van der Waals surface area contributed by atoms with E-state index in [4.69, 9.17) is 9.84 Å². The van der Waals surface area contributed by atoms with E-state index in [1.807, 2.05) is 19.1 Å². The van der Waals surface area contributed by atoms with Crippen LogP contribution in [-0.4, -0.2) is 11.7 Å². The second-order valence-corrected chi connectivity index (χ2v) is 3.74. The van der Waals surface area contributed by atoms with Gasteiger partial charge in [-0.1, -0.05) is 12.1 Å². The molecule has 0 spiro atoms. The summed E-state index contributed by atoms with van der Waals surface area (Å²) in [6, 6.07) is 6.03. The summed E-state index contributed by atoms with van der Waals surface area (Å²) >= 11 is 0. The monoisotopic (exact) mass is 192 g/mol. The van der Waals surface area contributed by atoms with E-state index in [0.717, 1.165) is 11.3 Å². The van der Waals surface area contributed by atoms with E-state index in [1.165, 1.54) is 18.4 Å². The molecule has 2 heteroatoms. The fourth-order valence-electron chi connectivity index (χ4n) is 1.69. The highest BCUT2D eigenvalue weighted by Gasteiger charge is 2.26. The van der Waals surface area contributed by atoms with Crippen LogP contribution in [0.5, 0.6) is 5.75 Å². The molecule has 0 saturated heterocycles. The maximum Gasteiger partial charge on any atom is 0.123 e. The van der Waals surface area contributed by atoms with Crippen molar-refractivity contribution in [3.63, 3.8) is 0 Å². The number of hydrogen-bond acceptors (Lipinski definition) is 2. The van der Waals surface area contributed by atoms with Crippen LogP contribution in [0.15, 0.2) is 18.2 Å². The van der Waals surface area contributed by atoms with E-state index >= 15 is 0 Å². The molecule has 1 aromatic rings. The molecule has 1 aliphatic carbocycles. The van der Waals surface area contributed by atoms with Crippen LogP contribution < -0.4 is 4.74 Å². The van der Waals surface area contributed by atoms with E-state index in [2.05, 4.69) is 6.07 Å². The summed E-state index contributed by atoms with van der Waals surface area (Å²) in [5, 5.41) is 9.02. The highest BCUT2D eigenvalue weighted by molar-refractivity contribution is 5.41. The zero-order valence-electron chi connectivity index (χ0n) is 8.49. The van der Waals surface area contributed by atoms with Crippen molar-refractivity contribution in [3.05, 3.63) is 29.3 Å². The lowest BCUT2D eigenvalue weighted by Crippen LogP contribution is -1.97. The Bertz CT molecular complexity index is 316. The van der Waals surface area contributed by atoms with Gasteiger partial charge in [0.15, 0.2) is 0 Å². The summed E-state index contributed by atoms with van der Waals surface area (Å²) in [6.07, 6.45) is 2.55. The predicted molar refractivity (Wildman–Crippen MR) is 55.5 cm³/mol. The molecule has 1 aliphatic rings. The van der Waals surface area contributed by atoms with Crippen molar-refractivity contribution in [2.75, 3.05) is 6.61 Å². The highest BCUT2D eigenvalue weighted by Crippen LogP contribution is 2.44. The van der Waals surface area contributed by atoms with Crippen molar-refractivity contribution in [1.82, 2.24) is 0 Å². The van der Waals surface area contributed by atoms with Gasteiger partial charge in [-0.05, 0) is 42.9 Å². The van der Waals surface area contributed by atoms with Crippen LogP contribution in [0, 0.1) is 0 Å². The molecule has 0 atom stereocenters. The Morgan fingerprint density at radius 3 is 2.79 bits per heavy atom. The van der Waals surface area contributed by atoms with Crippen LogP contribution in [0.4, 0.5) is 0 Å². The van der Waals surface area contributed by atoms with Gasteiger partial charge in [-0.15, -0.1) is 0 Å². The van der Waals surface area contributed by atoms with Crippen LogP contribution in [0.1, 0.15) is 36.8 Å². The van der Waals surface area contributed by atoms with Gasteiger partial charge in [0.2, 0.25) is 0 Å². The smallest absolute Gasteiger partial charge is 0.123 e. The first-order valence-corrected chi connectivity index (χ1v) is 5.21. The SMILES string of the molecule is CCOc1cc(CO)ccc1C1CC1. The van der Waals surface area contributed by atoms with Crippen molar-refractivity contribution < 1.29 is 9.84 Å². The second-order valence-electron chi connectivity index (χ2n) is 3.74. The normalized spacial score (nSPS) is 15.6. The third-order valence-corrected chi connectivity index (χ3v) is 2.58. The molecule has 1 aromatic carbocycles. The molecular formula is C12H16O2. The largest absolute Gasteiger partial charge is 0.494 e. The van der Waals surface area contributed by atoms with Crippen LogP contribution in [0.3, 0.4) is 0 Å². The Morgan fingerprint density at radius 1 is 1.43 bits per heavy atom. The van der Waals surface area contributed by atoms with Gasteiger partial charge in [-0.2, -0.15) is 0 Å². The Labute approximate surface area is 84.5 Å².